The Morgan fingerprint density at radius 3 is 1.73 bits per heavy atom. The van der Waals surface area contributed by atoms with Crippen LogP contribution < -0.4 is 0 Å². The van der Waals surface area contributed by atoms with Crippen molar-refractivity contribution in [3.63, 3.8) is 0 Å². The number of halogens is 2. The van der Waals surface area contributed by atoms with Crippen molar-refractivity contribution in [1.82, 2.24) is 9.78 Å². The Kier molecular flexibility index (Phi) is 5.55. The van der Waals surface area contributed by atoms with E-state index in [9.17, 15) is 10.2 Å². The lowest BCUT2D eigenvalue weighted by Crippen LogP contribution is -2.00. The van der Waals surface area contributed by atoms with Crippen molar-refractivity contribution in [3.05, 3.63) is 107 Å². The number of nitrogens with zero attached hydrogens (tertiary/aromatic N) is 2. The molecule has 5 aromatic rings. The molecule has 2 N–H and O–H groups in total. The largest absolute Gasteiger partial charge is 0.508 e. The fourth-order valence-electron chi connectivity index (χ4n) is 3.85. The van der Waals surface area contributed by atoms with Gasteiger partial charge in [0.2, 0.25) is 0 Å². The van der Waals surface area contributed by atoms with E-state index in [1.165, 1.54) is 0 Å². The van der Waals surface area contributed by atoms with E-state index in [4.69, 9.17) is 28.3 Å². The van der Waals surface area contributed by atoms with Gasteiger partial charge in [-0.1, -0.05) is 53.5 Å². The highest BCUT2D eigenvalue weighted by atomic mass is 35.5. The number of aromatic nitrogens is 2. The van der Waals surface area contributed by atoms with Crippen LogP contribution in [0.25, 0.3) is 39.3 Å². The van der Waals surface area contributed by atoms with Gasteiger partial charge in [-0.2, -0.15) is 5.10 Å². The quantitative estimate of drug-likeness (QED) is 0.283. The predicted molar refractivity (Wildman–Crippen MR) is 133 cm³/mol. The second-order valence-electron chi connectivity index (χ2n) is 7.57. The van der Waals surface area contributed by atoms with Gasteiger partial charge in [-0.15, -0.1) is 0 Å². The first-order valence-electron chi connectivity index (χ1n) is 10.2. The molecule has 6 heteroatoms. The Bertz CT molecular complexity index is 1410. The Morgan fingerprint density at radius 1 is 0.606 bits per heavy atom. The number of phenols is 2. The van der Waals surface area contributed by atoms with Crippen molar-refractivity contribution < 1.29 is 10.2 Å². The van der Waals surface area contributed by atoms with Gasteiger partial charge in [0.25, 0.3) is 0 Å². The van der Waals surface area contributed by atoms with Crippen LogP contribution in [0.5, 0.6) is 11.5 Å². The standard InChI is InChI=1S/C27H18Cl2N2O2/c28-20-14-21(29)16-22(15-20)31-27(19-8-12-24(33)13-9-19)25(17-4-2-1-3-5-17)26(30-31)18-6-10-23(32)11-7-18/h1-16,32-33H. The smallest absolute Gasteiger partial charge is 0.115 e. The summed E-state index contributed by atoms with van der Waals surface area (Å²) >= 11 is 12.7. The van der Waals surface area contributed by atoms with Crippen LogP contribution in [-0.2, 0) is 0 Å². The molecular formula is C27H18Cl2N2O2. The minimum atomic E-state index is 0.177. The Balaban J connectivity index is 1.89. The summed E-state index contributed by atoms with van der Waals surface area (Å²) in [4.78, 5) is 0. The van der Waals surface area contributed by atoms with E-state index in [0.717, 1.165) is 33.6 Å². The number of aromatic hydroxyl groups is 2. The van der Waals surface area contributed by atoms with Gasteiger partial charge in [0.15, 0.2) is 0 Å². The first-order chi connectivity index (χ1) is 16.0. The maximum absolute atomic E-state index is 9.88. The molecule has 4 nitrogen and oxygen atoms in total. The fraction of sp³-hybridized carbons (Fsp3) is 0. The van der Waals surface area contributed by atoms with Crippen molar-refractivity contribution in [2.45, 2.75) is 0 Å². The van der Waals surface area contributed by atoms with Gasteiger partial charge in [0.1, 0.15) is 17.2 Å². The van der Waals surface area contributed by atoms with Crippen molar-refractivity contribution in [2.24, 2.45) is 0 Å². The summed E-state index contributed by atoms with van der Waals surface area (Å²) in [5.41, 5.74) is 5.85. The Morgan fingerprint density at radius 2 is 1.15 bits per heavy atom. The van der Waals surface area contributed by atoms with Gasteiger partial charge in [-0.05, 0) is 72.3 Å². The van der Waals surface area contributed by atoms with Gasteiger partial charge in [-0.3, -0.25) is 0 Å². The zero-order chi connectivity index (χ0) is 22.9. The van der Waals surface area contributed by atoms with E-state index in [1.807, 2.05) is 59.3 Å². The molecular weight excluding hydrogens is 455 g/mol. The highest BCUT2D eigenvalue weighted by Crippen LogP contribution is 2.42. The Hall–Kier alpha value is -3.73. The van der Waals surface area contributed by atoms with E-state index >= 15 is 0 Å². The summed E-state index contributed by atoms with van der Waals surface area (Å²) in [7, 11) is 0. The third-order valence-corrected chi connectivity index (χ3v) is 5.76. The summed E-state index contributed by atoms with van der Waals surface area (Å²) in [6.07, 6.45) is 0. The van der Waals surface area contributed by atoms with Crippen LogP contribution >= 0.6 is 23.2 Å². The molecule has 0 aliphatic carbocycles. The molecule has 33 heavy (non-hydrogen) atoms. The monoisotopic (exact) mass is 472 g/mol. The molecule has 1 heterocycles. The molecule has 0 amide bonds. The molecule has 5 rings (SSSR count). The second-order valence-corrected chi connectivity index (χ2v) is 8.44. The SMILES string of the molecule is Oc1ccc(-c2nn(-c3cc(Cl)cc(Cl)c3)c(-c3ccc(O)cc3)c2-c2ccccc2)cc1. The van der Waals surface area contributed by atoms with E-state index < -0.39 is 0 Å². The lowest BCUT2D eigenvalue weighted by Gasteiger charge is -2.12. The lowest BCUT2D eigenvalue weighted by atomic mass is 9.95. The van der Waals surface area contributed by atoms with Crippen molar-refractivity contribution in [3.8, 4) is 50.8 Å². The highest BCUT2D eigenvalue weighted by Gasteiger charge is 2.23. The maximum atomic E-state index is 9.88. The molecule has 0 spiro atoms. The molecule has 0 unspecified atom stereocenters. The van der Waals surface area contributed by atoms with E-state index in [-0.39, 0.29) is 11.5 Å². The molecule has 0 bridgehead atoms. The fourth-order valence-corrected chi connectivity index (χ4v) is 4.37. The summed E-state index contributed by atoms with van der Waals surface area (Å²) in [5.74, 6) is 0.357. The second kappa shape index (κ2) is 8.66. The van der Waals surface area contributed by atoms with Crippen molar-refractivity contribution in [2.75, 3.05) is 0 Å². The van der Waals surface area contributed by atoms with Gasteiger partial charge >= 0.3 is 0 Å². The summed E-state index contributed by atoms with van der Waals surface area (Å²) < 4.78 is 1.81. The third-order valence-electron chi connectivity index (χ3n) is 5.32. The number of benzene rings is 4. The molecule has 0 saturated heterocycles. The summed E-state index contributed by atoms with van der Waals surface area (Å²) in [5, 5.41) is 25.7. The molecule has 0 radical (unpaired) electrons. The number of phenolic OH excluding ortho intramolecular Hbond substituents is 2. The van der Waals surface area contributed by atoms with Gasteiger partial charge in [-0.25, -0.2) is 4.68 Å². The summed E-state index contributed by atoms with van der Waals surface area (Å²) in [6.45, 7) is 0. The van der Waals surface area contributed by atoms with Crippen LogP contribution in [-0.4, -0.2) is 20.0 Å². The minimum absolute atomic E-state index is 0.177. The molecule has 0 atom stereocenters. The van der Waals surface area contributed by atoms with Crippen LogP contribution in [0.15, 0.2) is 97.1 Å². The number of hydrogen-bond donors (Lipinski definition) is 2. The molecule has 0 aliphatic rings. The first kappa shape index (κ1) is 21.1. The summed E-state index contributed by atoms with van der Waals surface area (Å²) in [6, 6.07) is 29.2. The van der Waals surface area contributed by atoms with E-state index in [2.05, 4.69) is 0 Å². The predicted octanol–water partition coefficient (Wildman–Crippen LogP) is 7.59. The minimum Gasteiger partial charge on any atom is -0.508 e. The zero-order valence-corrected chi connectivity index (χ0v) is 18.8. The normalized spacial score (nSPS) is 11.0. The van der Waals surface area contributed by atoms with Crippen LogP contribution in [0.4, 0.5) is 0 Å². The molecule has 4 aromatic carbocycles. The molecule has 0 saturated carbocycles. The number of rotatable bonds is 4. The molecule has 1 aromatic heterocycles. The molecule has 0 aliphatic heterocycles. The van der Waals surface area contributed by atoms with Crippen LogP contribution in [0.1, 0.15) is 0 Å². The van der Waals surface area contributed by atoms with Crippen LogP contribution in [0.3, 0.4) is 0 Å². The van der Waals surface area contributed by atoms with Gasteiger partial charge in [0.05, 0.1) is 11.4 Å². The molecule has 162 valence electrons. The van der Waals surface area contributed by atoms with Crippen LogP contribution in [0, 0.1) is 0 Å². The number of hydrogen-bond acceptors (Lipinski definition) is 3. The highest BCUT2D eigenvalue weighted by molar-refractivity contribution is 6.34. The van der Waals surface area contributed by atoms with Gasteiger partial charge in [0, 0.05) is 26.7 Å². The first-order valence-corrected chi connectivity index (χ1v) is 11.0. The zero-order valence-electron chi connectivity index (χ0n) is 17.3. The van der Waals surface area contributed by atoms with Crippen molar-refractivity contribution >= 4 is 23.2 Å². The third kappa shape index (κ3) is 4.19. The topological polar surface area (TPSA) is 58.3 Å². The maximum Gasteiger partial charge on any atom is 0.115 e. The van der Waals surface area contributed by atoms with Crippen LogP contribution in [0.2, 0.25) is 10.0 Å². The lowest BCUT2D eigenvalue weighted by molar-refractivity contribution is 0.475. The average Bonchev–Trinajstić information content (AvgIpc) is 3.21. The average molecular weight is 473 g/mol. The molecule has 0 fully saturated rings. The van der Waals surface area contributed by atoms with E-state index in [1.54, 1.807) is 42.5 Å². The van der Waals surface area contributed by atoms with Crippen molar-refractivity contribution in [1.29, 1.82) is 0 Å². The van der Waals surface area contributed by atoms with Gasteiger partial charge < -0.3 is 10.2 Å². The Labute approximate surface area is 200 Å². The van der Waals surface area contributed by atoms with E-state index in [0.29, 0.717) is 15.7 Å².